The Bertz CT molecular complexity index is 1090. The molecule has 0 aliphatic rings. The summed E-state index contributed by atoms with van der Waals surface area (Å²) in [7, 11) is -2.12. The van der Waals surface area contributed by atoms with Crippen molar-refractivity contribution >= 4 is 44.8 Å². The van der Waals surface area contributed by atoms with E-state index in [1.54, 1.807) is 32.0 Å². The van der Waals surface area contributed by atoms with Gasteiger partial charge in [0.15, 0.2) is 18.1 Å². The minimum absolute atomic E-state index is 0.00844. The molecule has 0 saturated carbocycles. The molecule has 0 bridgehead atoms. The first-order valence-corrected chi connectivity index (χ1v) is 11.3. The van der Waals surface area contributed by atoms with E-state index in [9.17, 15) is 18.0 Å². The lowest BCUT2D eigenvalue weighted by Gasteiger charge is -2.16. The maximum Gasteiger partial charge on any atom is 0.255 e. The van der Waals surface area contributed by atoms with Crippen LogP contribution in [0.25, 0.3) is 0 Å². The van der Waals surface area contributed by atoms with Crippen molar-refractivity contribution in [2.45, 2.75) is 20.3 Å². The maximum atomic E-state index is 12.8. The van der Waals surface area contributed by atoms with Gasteiger partial charge in [0.25, 0.3) is 11.8 Å². The lowest BCUT2D eigenvalue weighted by atomic mass is 10.1. The van der Waals surface area contributed by atoms with E-state index < -0.39 is 28.4 Å². The van der Waals surface area contributed by atoms with Crippen LogP contribution in [-0.4, -0.2) is 39.7 Å². The fraction of sp³-hybridized carbons (Fsp3) is 0.300. The average molecular weight is 470 g/mol. The molecule has 31 heavy (non-hydrogen) atoms. The number of carbonyl (C=O) groups is 2. The molecular weight excluding hydrogens is 446 g/mol. The first kappa shape index (κ1) is 24.3. The van der Waals surface area contributed by atoms with Crippen molar-refractivity contribution in [3.05, 3.63) is 46.5 Å². The summed E-state index contributed by atoms with van der Waals surface area (Å²) >= 11 is 6.19. The van der Waals surface area contributed by atoms with E-state index in [-0.39, 0.29) is 27.8 Å². The van der Waals surface area contributed by atoms with Crippen LogP contribution < -0.4 is 25.2 Å². The summed E-state index contributed by atoms with van der Waals surface area (Å²) in [6.07, 6.45) is 0.479. The third kappa shape index (κ3) is 6.50. The van der Waals surface area contributed by atoms with Crippen LogP contribution in [0.15, 0.2) is 30.3 Å². The largest absolute Gasteiger partial charge is 0.493 e. The Morgan fingerprint density at radius 2 is 1.87 bits per heavy atom. The Morgan fingerprint density at radius 1 is 1.19 bits per heavy atom. The van der Waals surface area contributed by atoms with E-state index in [0.29, 0.717) is 23.4 Å². The zero-order valence-electron chi connectivity index (χ0n) is 17.3. The minimum atomic E-state index is -3.48. The Morgan fingerprint density at radius 3 is 2.48 bits per heavy atom. The van der Waals surface area contributed by atoms with Crippen molar-refractivity contribution in [2.75, 3.05) is 29.5 Å². The quantitative estimate of drug-likeness (QED) is 0.489. The summed E-state index contributed by atoms with van der Waals surface area (Å²) in [6.45, 7) is 3.06. The van der Waals surface area contributed by atoms with Gasteiger partial charge < -0.3 is 20.5 Å². The number of amides is 2. The molecule has 0 fully saturated rings. The molecule has 0 aliphatic heterocycles. The molecule has 0 spiro atoms. The molecule has 4 N–H and O–H groups in total. The van der Waals surface area contributed by atoms with E-state index in [1.807, 2.05) is 0 Å². The summed E-state index contributed by atoms with van der Waals surface area (Å²) < 4.78 is 37.1. The van der Waals surface area contributed by atoms with E-state index in [4.69, 9.17) is 26.8 Å². The molecule has 2 aromatic carbocycles. The summed E-state index contributed by atoms with van der Waals surface area (Å²) in [5.41, 5.74) is 6.59. The molecule has 9 nitrogen and oxygen atoms in total. The molecule has 0 aromatic heterocycles. The van der Waals surface area contributed by atoms with Crippen LogP contribution in [0.1, 0.15) is 29.3 Å². The minimum Gasteiger partial charge on any atom is -0.493 e. The SMILES string of the molecule is CCCS(=O)(=O)Nc1cccc(NC(=O)c2cc(Cl)c(OCC(N)=O)c(OC)c2)c1C. The van der Waals surface area contributed by atoms with Crippen molar-refractivity contribution in [3.8, 4) is 11.5 Å². The van der Waals surface area contributed by atoms with Gasteiger partial charge in [-0.1, -0.05) is 24.6 Å². The van der Waals surface area contributed by atoms with Crippen LogP contribution in [-0.2, 0) is 14.8 Å². The Kier molecular flexibility index (Phi) is 8.12. The van der Waals surface area contributed by atoms with Crippen LogP contribution in [0.5, 0.6) is 11.5 Å². The second kappa shape index (κ2) is 10.4. The van der Waals surface area contributed by atoms with Crippen LogP contribution in [0, 0.1) is 6.92 Å². The molecule has 0 atom stereocenters. The monoisotopic (exact) mass is 469 g/mol. The first-order valence-electron chi connectivity index (χ1n) is 9.28. The summed E-state index contributed by atoms with van der Waals surface area (Å²) in [5, 5.41) is 2.79. The highest BCUT2D eigenvalue weighted by Gasteiger charge is 2.18. The van der Waals surface area contributed by atoms with E-state index in [0.717, 1.165) is 0 Å². The van der Waals surface area contributed by atoms with Crippen molar-refractivity contribution in [2.24, 2.45) is 5.73 Å². The number of nitrogens with two attached hydrogens (primary N) is 1. The van der Waals surface area contributed by atoms with Gasteiger partial charge >= 0.3 is 0 Å². The predicted octanol–water partition coefficient (Wildman–Crippen LogP) is 2.93. The molecule has 2 aromatic rings. The molecule has 0 aliphatic carbocycles. The van der Waals surface area contributed by atoms with Gasteiger partial charge in [0, 0.05) is 11.3 Å². The molecule has 0 radical (unpaired) electrons. The Labute approximate surface area is 185 Å². The summed E-state index contributed by atoms with van der Waals surface area (Å²) in [6, 6.07) is 7.65. The number of benzene rings is 2. The number of methoxy groups -OCH3 is 1. The number of sulfonamides is 1. The Hall–Kier alpha value is -2.98. The first-order chi connectivity index (χ1) is 14.6. The molecule has 2 rings (SSSR count). The number of carbonyl (C=O) groups excluding carboxylic acids is 2. The standard InChI is InChI=1S/C20H24ClN3O6S/c1-4-8-31(27,28)24-16-7-5-6-15(12(16)2)23-20(26)13-9-14(21)19(17(10-13)29-3)30-11-18(22)25/h5-7,9-10,24H,4,8,11H2,1-3H3,(H2,22,25)(H,23,26). The number of nitrogens with one attached hydrogen (secondary N) is 2. The van der Waals surface area contributed by atoms with Crippen molar-refractivity contribution < 1.29 is 27.5 Å². The average Bonchev–Trinajstić information content (AvgIpc) is 2.69. The molecule has 2 amide bonds. The van der Waals surface area contributed by atoms with Crippen LogP contribution >= 0.6 is 11.6 Å². The van der Waals surface area contributed by atoms with Gasteiger partial charge in [0.05, 0.1) is 23.6 Å². The third-order valence-corrected chi connectivity index (χ3v) is 5.93. The molecule has 11 heteroatoms. The fourth-order valence-electron chi connectivity index (χ4n) is 2.70. The maximum absolute atomic E-state index is 12.8. The number of hydrogen-bond donors (Lipinski definition) is 3. The highest BCUT2D eigenvalue weighted by molar-refractivity contribution is 7.92. The summed E-state index contributed by atoms with van der Waals surface area (Å²) in [4.78, 5) is 23.7. The molecule has 0 unspecified atom stereocenters. The highest BCUT2D eigenvalue weighted by Crippen LogP contribution is 2.36. The van der Waals surface area contributed by atoms with Crippen LogP contribution in [0.2, 0.25) is 5.02 Å². The van der Waals surface area contributed by atoms with Gasteiger partial charge in [0.1, 0.15) is 0 Å². The molecule has 0 saturated heterocycles. The lowest BCUT2D eigenvalue weighted by molar-refractivity contribution is -0.119. The third-order valence-electron chi connectivity index (χ3n) is 4.17. The van der Waals surface area contributed by atoms with Gasteiger partial charge in [-0.05, 0) is 43.2 Å². The van der Waals surface area contributed by atoms with Crippen LogP contribution in [0.4, 0.5) is 11.4 Å². The molecule has 168 valence electrons. The second-order valence-electron chi connectivity index (χ2n) is 6.60. The highest BCUT2D eigenvalue weighted by atomic mass is 35.5. The zero-order valence-corrected chi connectivity index (χ0v) is 18.9. The molecular formula is C20H24ClN3O6S. The number of rotatable bonds is 10. The van der Waals surface area contributed by atoms with E-state index >= 15 is 0 Å². The smallest absolute Gasteiger partial charge is 0.255 e. The Balaban J connectivity index is 2.28. The van der Waals surface area contributed by atoms with Gasteiger partial charge in [-0.2, -0.15) is 0 Å². The van der Waals surface area contributed by atoms with Gasteiger partial charge in [0.2, 0.25) is 10.0 Å². The van der Waals surface area contributed by atoms with Gasteiger partial charge in [-0.15, -0.1) is 0 Å². The van der Waals surface area contributed by atoms with Crippen molar-refractivity contribution in [1.82, 2.24) is 0 Å². The topological polar surface area (TPSA) is 137 Å². The number of halogens is 1. The lowest BCUT2D eigenvalue weighted by Crippen LogP contribution is -2.20. The van der Waals surface area contributed by atoms with E-state index in [1.165, 1.54) is 19.2 Å². The summed E-state index contributed by atoms with van der Waals surface area (Å²) in [5.74, 6) is -0.964. The van der Waals surface area contributed by atoms with Crippen molar-refractivity contribution in [1.29, 1.82) is 0 Å². The normalized spacial score (nSPS) is 11.0. The van der Waals surface area contributed by atoms with Gasteiger partial charge in [-0.3, -0.25) is 14.3 Å². The second-order valence-corrected chi connectivity index (χ2v) is 8.85. The van der Waals surface area contributed by atoms with Crippen LogP contribution in [0.3, 0.4) is 0 Å². The molecule has 0 heterocycles. The number of ether oxygens (including phenoxy) is 2. The number of anilines is 2. The fourth-order valence-corrected chi connectivity index (χ4v) is 4.16. The number of hydrogen-bond acceptors (Lipinski definition) is 6. The van der Waals surface area contributed by atoms with Gasteiger partial charge in [-0.25, -0.2) is 8.42 Å². The predicted molar refractivity (Wildman–Crippen MR) is 120 cm³/mol. The zero-order chi connectivity index (χ0) is 23.2. The van der Waals surface area contributed by atoms with Crippen molar-refractivity contribution in [3.63, 3.8) is 0 Å². The number of primary amides is 1. The van der Waals surface area contributed by atoms with E-state index in [2.05, 4.69) is 10.0 Å².